The minimum atomic E-state index is -4.83. The molecule has 0 radical (unpaired) electrons. The molecule has 0 spiro atoms. The third-order valence-electron chi connectivity index (χ3n) is 2.51. The van der Waals surface area contributed by atoms with Gasteiger partial charge >= 0.3 is 6.18 Å². The number of carbonyl (C=O) groups excluding carboxylic acids is 1. The third kappa shape index (κ3) is 3.34. The average molecular weight is 265 g/mol. The van der Waals surface area contributed by atoms with Crippen LogP contribution in [0.15, 0.2) is 54.7 Å². The van der Waals surface area contributed by atoms with Crippen molar-refractivity contribution in [2.45, 2.75) is 6.18 Å². The van der Waals surface area contributed by atoms with Crippen molar-refractivity contribution in [3.8, 4) is 0 Å². The molecule has 0 aliphatic carbocycles. The number of allylic oxidation sites excluding steroid dienone is 1. The standard InChI is InChI=1S/C14H10F3NO/c15-14(16,17)13(19)7-8-18-12-6-5-10-3-1-2-4-11(10)9-12/h1-9,18H/b8-7+. The highest BCUT2D eigenvalue weighted by atomic mass is 19.4. The van der Waals surface area contributed by atoms with Gasteiger partial charge in [0.2, 0.25) is 0 Å². The zero-order valence-corrected chi connectivity index (χ0v) is 9.74. The van der Waals surface area contributed by atoms with Gasteiger partial charge in [0.15, 0.2) is 0 Å². The van der Waals surface area contributed by atoms with Crippen LogP contribution in [0.25, 0.3) is 10.8 Å². The van der Waals surface area contributed by atoms with Gasteiger partial charge in [-0.3, -0.25) is 4.79 Å². The fraction of sp³-hybridized carbons (Fsp3) is 0.0714. The van der Waals surface area contributed by atoms with Crippen LogP contribution in [0.2, 0.25) is 0 Å². The van der Waals surface area contributed by atoms with Gasteiger partial charge < -0.3 is 5.32 Å². The molecule has 0 bridgehead atoms. The second kappa shape index (κ2) is 5.14. The van der Waals surface area contributed by atoms with E-state index in [1.54, 1.807) is 12.1 Å². The number of fused-ring (bicyclic) bond motifs is 1. The molecule has 0 unspecified atom stereocenters. The number of carbonyl (C=O) groups is 1. The Bertz CT molecular complexity index is 632. The minimum Gasteiger partial charge on any atom is -0.362 e. The first kappa shape index (κ1) is 13.1. The van der Waals surface area contributed by atoms with Crippen LogP contribution in [0, 0.1) is 0 Å². The van der Waals surface area contributed by atoms with Crippen LogP contribution in [0.5, 0.6) is 0 Å². The molecule has 0 heterocycles. The second-order valence-corrected chi connectivity index (χ2v) is 3.90. The lowest BCUT2D eigenvalue weighted by atomic mass is 10.1. The molecule has 1 N–H and O–H groups in total. The maximum Gasteiger partial charge on any atom is 0.454 e. The predicted molar refractivity (Wildman–Crippen MR) is 67.8 cm³/mol. The second-order valence-electron chi connectivity index (χ2n) is 3.90. The third-order valence-corrected chi connectivity index (χ3v) is 2.51. The molecular weight excluding hydrogens is 255 g/mol. The Morgan fingerprint density at radius 2 is 1.74 bits per heavy atom. The van der Waals surface area contributed by atoms with Crippen LogP contribution in [-0.4, -0.2) is 12.0 Å². The van der Waals surface area contributed by atoms with Gasteiger partial charge in [-0.2, -0.15) is 13.2 Å². The van der Waals surface area contributed by atoms with Crippen molar-refractivity contribution in [1.29, 1.82) is 0 Å². The summed E-state index contributed by atoms with van der Waals surface area (Å²) in [6.45, 7) is 0. The molecule has 19 heavy (non-hydrogen) atoms. The molecule has 0 fully saturated rings. The van der Waals surface area contributed by atoms with E-state index in [0.717, 1.165) is 17.0 Å². The summed E-state index contributed by atoms with van der Waals surface area (Å²) in [5.41, 5.74) is 0.616. The molecule has 0 aliphatic rings. The van der Waals surface area contributed by atoms with Gasteiger partial charge in [-0.15, -0.1) is 0 Å². The Kier molecular flexibility index (Phi) is 3.55. The summed E-state index contributed by atoms with van der Waals surface area (Å²) in [5, 5.41) is 4.63. The molecule has 98 valence electrons. The van der Waals surface area contributed by atoms with Crippen LogP contribution in [-0.2, 0) is 4.79 Å². The predicted octanol–water partition coefficient (Wildman–Crippen LogP) is 3.90. The van der Waals surface area contributed by atoms with Gasteiger partial charge in [-0.25, -0.2) is 0 Å². The number of alkyl halides is 3. The van der Waals surface area contributed by atoms with Crippen molar-refractivity contribution in [2.24, 2.45) is 0 Å². The Morgan fingerprint density at radius 1 is 1.05 bits per heavy atom. The average Bonchev–Trinajstić information content (AvgIpc) is 2.37. The van der Waals surface area contributed by atoms with Crippen molar-refractivity contribution in [3.63, 3.8) is 0 Å². The molecular formula is C14H10F3NO. The maximum absolute atomic E-state index is 12.0. The largest absolute Gasteiger partial charge is 0.454 e. The molecule has 2 aromatic rings. The highest BCUT2D eigenvalue weighted by molar-refractivity contribution is 5.94. The Labute approximate surface area is 107 Å². The zero-order valence-electron chi connectivity index (χ0n) is 9.74. The van der Waals surface area contributed by atoms with E-state index >= 15 is 0 Å². The van der Waals surface area contributed by atoms with Crippen LogP contribution in [0.3, 0.4) is 0 Å². The van der Waals surface area contributed by atoms with Crippen molar-refractivity contribution in [1.82, 2.24) is 0 Å². The Morgan fingerprint density at radius 3 is 2.42 bits per heavy atom. The summed E-state index contributed by atoms with van der Waals surface area (Å²) >= 11 is 0. The molecule has 0 saturated carbocycles. The Hall–Kier alpha value is -2.30. The van der Waals surface area contributed by atoms with Gasteiger partial charge in [0.05, 0.1) is 0 Å². The number of halogens is 3. The van der Waals surface area contributed by atoms with Crippen LogP contribution in [0.1, 0.15) is 0 Å². The van der Waals surface area contributed by atoms with Gasteiger partial charge in [-0.05, 0) is 22.9 Å². The fourth-order valence-corrected chi connectivity index (χ4v) is 1.59. The van der Waals surface area contributed by atoms with Crippen LogP contribution in [0.4, 0.5) is 18.9 Å². The summed E-state index contributed by atoms with van der Waals surface area (Å²) < 4.78 is 35.9. The quantitative estimate of drug-likeness (QED) is 0.853. The molecule has 2 aromatic carbocycles. The number of hydrogen-bond donors (Lipinski definition) is 1. The number of ketones is 1. The van der Waals surface area contributed by atoms with E-state index in [1.165, 1.54) is 0 Å². The van der Waals surface area contributed by atoms with Crippen LogP contribution < -0.4 is 5.32 Å². The summed E-state index contributed by atoms with van der Waals surface area (Å²) in [7, 11) is 0. The van der Waals surface area contributed by atoms with Gasteiger partial charge in [0.25, 0.3) is 5.78 Å². The van der Waals surface area contributed by atoms with E-state index in [9.17, 15) is 18.0 Å². The number of rotatable bonds is 3. The van der Waals surface area contributed by atoms with Gasteiger partial charge in [-0.1, -0.05) is 30.3 Å². The van der Waals surface area contributed by atoms with Crippen LogP contribution >= 0.6 is 0 Å². The maximum atomic E-state index is 12.0. The molecule has 0 amide bonds. The van der Waals surface area contributed by atoms with Crippen molar-refractivity contribution < 1.29 is 18.0 Å². The monoisotopic (exact) mass is 265 g/mol. The van der Waals surface area contributed by atoms with Gasteiger partial charge in [0, 0.05) is 18.0 Å². The van der Waals surface area contributed by atoms with E-state index in [1.807, 2.05) is 30.3 Å². The van der Waals surface area contributed by atoms with E-state index in [-0.39, 0.29) is 0 Å². The first-order chi connectivity index (χ1) is 8.97. The summed E-state index contributed by atoms with van der Waals surface area (Å²) in [6, 6.07) is 13.0. The van der Waals surface area contributed by atoms with E-state index in [4.69, 9.17) is 0 Å². The fourth-order valence-electron chi connectivity index (χ4n) is 1.59. The van der Waals surface area contributed by atoms with Crippen molar-refractivity contribution >= 4 is 22.2 Å². The van der Waals surface area contributed by atoms with Crippen molar-refractivity contribution in [2.75, 3.05) is 5.32 Å². The number of anilines is 1. The molecule has 0 atom stereocenters. The molecule has 0 aliphatic heterocycles. The van der Waals surface area contributed by atoms with E-state index in [2.05, 4.69) is 5.32 Å². The molecule has 5 heteroatoms. The SMILES string of the molecule is O=C(/C=C/Nc1ccc2ccccc2c1)C(F)(F)F. The summed E-state index contributed by atoms with van der Waals surface area (Å²) in [4.78, 5) is 10.6. The number of hydrogen-bond acceptors (Lipinski definition) is 2. The summed E-state index contributed by atoms with van der Waals surface area (Å²) in [5.74, 6) is -1.89. The highest BCUT2D eigenvalue weighted by Crippen LogP contribution is 2.19. The molecule has 0 aromatic heterocycles. The number of benzene rings is 2. The highest BCUT2D eigenvalue weighted by Gasteiger charge is 2.35. The minimum absolute atomic E-state index is 0.467. The molecule has 2 nitrogen and oxygen atoms in total. The van der Waals surface area contributed by atoms with Gasteiger partial charge in [0.1, 0.15) is 0 Å². The van der Waals surface area contributed by atoms with E-state index < -0.39 is 12.0 Å². The first-order valence-electron chi connectivity index (χ1n) is 5.50. The lowest BCUT2D eigenvalue weighted by molar-refractivity contribution is -0.165. The van der Waals surface area contributed by atoms with Crippen molar-refractivity contribution in [3.05, 3.63) is 54.7 Å². The number of nitrogens with one attached hydrogen (secondary N) is 1. The topological polar surface area (TPSA) is 29.1 Å². The van der Waals surface area contributed by atoms with E-state index in [0.29, 0.717) is 11.8 Å². The Balaban J connectivity index is 2.10. The smallest absolute Gasteiger partial charge is 0.362 e. The zero-order chi connectivity index (χ0) is 13.9. The molecule has 0 saturated heterocycles. The lowest BCUT2D eigenvalue weighted by Crippen LogP contribution is -2.20. The lowest BCUT2D eigenvalue weighted by Gasteiger charge is -2.04. The molecule has 2 rings (SSSR count). The summed E-state index contributed by atoms with van der Waals surface area (Å²) in [6.07, 6.45) is -3.38. The first-order valence-corrected chi connectivity index (χ1v) is 5.50. The normalized spacial score (nSPS) is 11.9.